The third-order valence-electron chi connectivity index (χ3n) is 19.5. The van der Waals surface area contributed by atoms with Crippen molar-refractivity contribution in [2.45, 2.75) is 52.0 Å². The smallest absolute Gasteiger partial charge is 0.0571 e. The molecule has 0 unspecified atom stereocenters. The van der Waals surface area contributed by atoms with Gasteiger partial charge in [-0.1, -0.05) is 391 Å². The average molecular weight is 1270 g/mol. The van der Waals surface area contributed by atoms with Gasteiger partial charge in [-0.25, -0.2) is 0 Å². The molecule has 15 rings (SSSR count). The van der Waals surface area contributed by atoms with Crippen LogP contribution in [0.25, 0.3) is 88.6 Å². The lowest BCUT2D eigenvalue weighted by molar-refractivity contribution is 0.571. The Labute approximate surface area is 584 Å². The molecule has 0 N–H and O–H groups in total. The van der Waals surface area contributed by atoms with E-state index >= 15 is 0 Å². The van der Waals surface area contributed by atoms with Crippen LogP contribution in [-0.4, -0.2) is 4.57 Å². The molecule has 0 radical (unpaired) electrons. The van der Waals surface area contributed by atoms with Gasteiger partial charge in [-0.15, -0.1) is 0 Å². The van der Waals surface area contributed by atoms with Crippen LogP contribution in [0, 0.1) is 0 Å². The minimum Gasteiger partial charge on any atom is -0.340 e. The Morgan fingerprint density at radius 2 is 0.465 bits per heavy atom. The van der Waals surface area contributed by atoms with Gasteiger partial charge in [0.05, 0.1) is 5.52 Å². The standard InChI is InChI=1S/C98H79N/c1-2-3-4-5-6-34-67-99-91-66-65-86(71-53-59-83(60-54-71)95(80-47-28-13-29-48-80)92(74-35-16-7-17-36-74)75-37-18-8-19-38-75)68-89(91)90-70-87(72-55-61-84(62-56-72)96(81-49-30-14-31-50-81)93(76-39-20-9-21-40-76)77-41-22-10-23-42-77)69-88(98(90)99)73-57-63-85(64-58-73)97(82-51-32-15-33-52-82)94(78-43-24-11-25-44-78)79-45-26-12-27-46-79/h7-33,35-66,68-70H,2-6,34,67H2,1H3. The SMILES string of the molecule is CCCCCCCCn1c2ccc(-c3ccc(C(=C(c4ccccc4)c4ccccc4)c4ccccc4)cc3)cc2c2cc(-c3ccc(C(=C(c4ccccc4)c4ccccc4)c4ccccc4)cc3)cc(-c3ccc(C(=C(c4ccccc4)c4ccccc4)c4ccccc4)cc3)c21. The third kappa shape index (κ3) is 13.7. The van der Waals surface area contributed by atoms with Crippen molar-refractivity contribution in [2.75, 3.05) is 0 Å². The summed E-state index contributed by atoms with van der Waals surface area (Å²) in [5.74, 6) is 0. The number of fused-ring (bicyclic) bond motifs is 3. The molecule has 0 aliphatic rings. The fourth-order valence-electron chi connectivity index (χ4n) is 14.7. The summed E-state index contributed by atoms with van der Waals surface area (Å²) in [5, 5.41) is 2.50. The normalized spacial score (nSPS) is 11.2. The molecular formula is C98H79N. The minimum absolute atomic E-state index is 0.914. The predicted molar refractivity (Wildman–Crippen MR) is 422 cm³/mol. The molecule has 14 aromatic carbocycles. The van der Waals surface area contributed by atoms with E-state index in [0.29, 0.717) is 0 Å². The van der Waals surface area contributed by atoms with Gasteiger partial charge in [-0.3, -0.25) is 0 Å². The number of unbranched alkanes of at least 4 members (excludes halogenated alkanes) is 5. The number of aromatic nitrogens is 1. The summed E-state index contributed by atoms with van der Waals surface area (Å²) in [7, 11) is 0. The summed E-state index contributed by atoms with van der Waals surface area (Å²) in [6.07, 6.45) is 7.30. The summed E-state index contributed by atoms with van der Waals surface area (Å²) >= 11 is 0. The summed E-state index contributed by atoms with van der Waals surface area (Å²) < 4.78 is 2.67. The first kappa shape index (κ1) is 63.2. The molecule has 0 amide bonds. The van der Waals surface area contributed by atoms with Gasteiger partial charge in [-0.2, -0.15) is 0 Å². The van der Waals surface area contributed by atoms with Gasteiger partial charge in [0, 0.05) is 28.4 Å². The van der Waals surface area contributed by atoms with Crippen LogP contribution < -0.4 is 0 Å². The molecule has 0 fully saturated rings. The van der Waals surface area contributed by atoms with Gasteiger partial charge >= 0.3 is 0 Å². The zero-order chi connectivity index (χ0) is 66.5. The molecule has 0 saturated heterocycles. The van der Waals surface area contributed by atoms with Crippen LogP contribution in [0.3, 0.4) is 0 Å². The van der Waals surface area contributed by atoms with Crippen LogP contribution in [0.5, 0.6) is 0 Å². The molecule has 99 heavy (non-hydrogen) atoms. The summed E-state index contributed by atoms with van der Waals surface area (Å²) in [4.78, 5) is 0. The van der Waals surface area contributed by atoms with Gasteiger partial charge in [-0.05, 0) is 159 Å². The largest absolute Gasteiger partial charge is 0.340 e. The Bertz CT molecular complexity index is 5140. The molecule has 1 nitrogen and oxygen atoms in total. The third-order valence-corrected chi connectivity index (χ3v) is 19.5. The van der Waals surface area contributed by atoms with Crippen molar-refractivity contribution in [2.24, 2.45) is 0 Å². The van der Waals surface area contributed by atoms with Crippen molar-refractivity contribution >= 4 is 55.2 Å². The van der Waals surface area contributed by atoms with E-state index in [2.05, 4.69) is 388 Å². The van der Waals surface area contributed by atoms with Crippen LogP contribution in [0.2, 0.25) is 0 Å². The van der Waals surface area contributed by atoms with Gasteiger partial charge in [0.2, 0.25) is 0 Å². The quantitative estimate of drug-likeness (QED) is 0.0471. The van der Waals surface area contributed by atoms with E-state index in [-0.39, 0.29) is 0 Å². The van der Waals surface area contributed by atoms with Crippen LogP contribution >= 0.6 is 0 Å². The zero-order valence-electron chi connectivity index (χ0n) is 56.2. The lowest BCUT2D eigenvalue weighted by atomic mass is 9.85. The number of hydrogen-bond donors (Lipinski definition) is 0. The Balaban J connectivity index is 0.931. The Kier molecular flexibility index (Phi) is 19.2. The number of rotatable bonds is 22. The Morgan fingerprint density at radius 1 is 0.212 bits per heavy atom. The summed E-state index contributed by atoms with van der Waals surface area (Å²) in [6, 6.07) is 139. The monoisotopic (exact) mass is 1270 g/mol. The number of hydrogen-bond acceptors (Lipinski definition) is 0. The van der Waals surface area contributed by atoms with Crippen molar-refractivity contribution in [3.8, 4) is 33.4 Å². The molecule has 1 heteroatoms. The molecule has 0 bridgehead atoms. The predicted octanol–water partition coefficient (Wildman–Crippen LogP) is 26.2. The molecule has 0 aliphatic carbocycles. The highest BCUT2D eigenvalue weighted by Crippen LogP contribution is 2.45. The number of benzene rings is 14. The van der Waals surface area contributed by atoms with E-state index in [1.165, 1.54) is 171 Å². The van der Waals surface area contributed by atoms with Gasteiger partial charge in [0.15, 0.2) is 0 Å². The second-order valence-electron chi connectivity index (χ2n) is 25.8. The highest BCUT2D eigenvalue weighted by Gasteiger charge is 2.23. The van der Waals surface area contributed by atoms with Gasteiger partial charge in [0.25, 0.3) is 0 Å². The maximum absolute atomic E-state index is 2.67. The maximum atomic E-state index is 2.67. The molecule has 0 aliphatic heterocycles. The van der Waals surface area contributed by atoms with Crippen LogP contribution in [0.4, 0.5) is 0 Å². The van der Waals surface area contributed by atoms with E-state index < -0.39 is 0 Å². The van der Waals surface area contributed by atoms with E-state index in [0.717, 1.165) is 29.7 Å². The molecule has 0 saturated carbocycles. The lowest BCUT2D eigenvalue weighted by Crippen LogP contribution is -2.00. The Morgan fingerprint density at radius 3 is 0.778 bits per heavy atom. The van der Waals surface area contributed by atoms with Crippen LogP contribution in [-0.2, 0) is 6.54 Å². The lowest BCUT2D eigenvalue weighted by Gasteiger charge is -2.19. The highest BCUT2D eigenvalue weighted by atomic mass is 15.0. The van der Waals surface area contributed by atoms with E-state index in [1.807, 2.05) is 0 Å². The minimum atomic E-state index is 0.914. The van der Waals surface area contributed by atoms with Crippen LogP contribution in [0.15, 0.2) is 376 Å². The average Bonchev–Trinajstić information content (AvgIpc) is 1.60. The molecule has 1 heterocycles. The molecular weight excluding hydrogens is 1190 g/mol. The number of nitrogens with zero attached hydrogens (tertiary/aromatic N) is 1. The van der Waals surface area contributed by atoms with Crippen molar-refractivity contribution < 1.29 is 0 Å². The van der Waals surface area contributed by atoms with E-state index in [1.54, 1.807) is 0 Å². The zero-order valence-corrected chi connectivity index (χ0v) is 56.2. The fourth-order valence-corrected chi connectivity index (χ4v) is 14.7. The summed E-state index contributed by atoms with van der Waals surface area (Å²) in [6.45, 7) is 3.22. The number of aryl methyl sites for hydroxylation is 1. The second-order valence-corrected chi connectivity index (χ2v) is 25.8. The molecule has 15 aromatic rings. The van der Waals surface area contributed by atoms with Crippen molar-refractivity contribution in [3.63, 3.8) is 0 Å². The summed E-state index contributed by atoms with van der Waals surface area (Å²) in [5.41, 5.74) is 30.9. The van der Waals surface area contributed by atoms with E-state index in [9.17, 15) is 0 Å². The van der Waals surface area contributed by atoms with Crippen molar-refractivity contribution in [3.05, 3.63) is 443 Å². The highest BCUT2D eigenvalue weighted by molar-refractivity contribution is 6.16. The molecule has 0 atom stereocenters. The van der Waals surface area contributed by atoms with Gasteiger partial charge < -0.3 is 4.57 Å². The first-order chi connectivity index (χ1) is 49.1. The van der Waals surface area contributed by atoms with Crippen molar-refractivity contribution in [1.82, 2.24) is 4.57 Å². The van der Waals surface area contributed by atoms with Crippen molar-refractivity contribution in [1.29, 1.82) is 0 Å². The fraction of sp³-hybridized carbons (Fsp3) is 0.0816. The van der Waals surface area contributed by atoms with E-state index in [4.69, 9.17) is 0 Å². The molecule has 0 spiro atoms. The second kappa shape index (κ2) is 30.0. The first-order valence-corrected chi connectivity index (χ1v) is 35.3. The topological polar surface area (TPSA) is 4.93 Å². The van der Waals surface area contributed by atoms with Gasteiger partial charge in [0.1, 0.15) is 0 Å². The van der Waals surface area contributed by atoms with Crippen LogP contribution in [0.1, 0.15) is 112 Å². The maximum Gasteiger partial charge on any atom is 0.0571 e. The Hall–Kier alpha value is -11.9. The molecule has 1 aromatic heterocycles. The first-order valence-electron chi connectivity index (χ1n) is 35.3. The molecule has 476 valence electrons.